The zero-order chi connectivity index (χ0) is 12.7. The fourth-order valence-electron chi connectivity index (χ4n) is 1.90. The molecule has 0 bridgehead atoms. The molecule has 1 aromatic rings. The third-order valence-corrected chi connectivity index (χ3v) is 2.88. The van der Waals surface area contributed by atoms with Crippen LogP contribution in [-0.4, -0.2) is 25.0 Å². The largest absolute Gasteiger partial charge is 0.379 e. The lowest BCUT2D eigenvalue weighted by molar-refractivity contribution is -0.122. The molecule has 2 atom stereocenters. The second-order valence-corrected chi connectivity index (χ2v) is 4.14. The highest BCUT2D eigenvalue weighted by Crippen LogP contribution is 2.06. The van der Waals surface area contributed by atoms with E-state index in [0.29, 0.717) is 6.54 Å². The van der Waals surface area contributed by atoms with Crippen molar-refractivity contribution < 1.29 is 9.53 Å². The number of carbonyl (C=O) groups is 1. The SMILES string of the molecule is CC[C@@H](OC)[C@H](NCc1ccccc1)C(C)=O. The standard InChI is InChI=1S/C14H21NO2/c1-4-13(17-3)14(11(2)16)15-10-12-8-6-5-7-9-12/h5-9,13-15H,4,10H2,1-3H3/t13-,14-/m1/s1. The maximum absolute atomic E-state index is 11.6. The van der Waals surface area contributed by atoms with Crippen LogP contribution in [0.3, 0.4) is 0 Å². The minimum absolute atomic E-state index is 0.0591. The zero-order valence-electron chi connectivity index (χ0n) is 10.8. The third kappa shape index (κ3) is 4.29. The molecule has 1 rings (SSSR count). The van der Waals surface area contributed by atoms with E-state index in [0.717, 1.165) is 6.42 Å². The molecule has 0 spiro atoms. The molecule has 0 heterocycles. The van der Waals surface area contributed by atoms with E-state index < -0.39 is 0 Å². The predicted octanol–water partition coefficient (Wildman–Crippen LogP) is 2.16. The van der Waals surface area contributed by atoms with Gasteiger partial charge < -0.3 is 10.1 Å². The van der Waals surface area contributed by atoms with Gasteiger partial charge >= 0.3 is 0 Å². The summed E-state index contributed by atoms with van der Waals surface area (Å²) in [6.45, 7) is 4.31. The van der Waals surface area contributed by atoms with Crippen LogP contribution in [0.1, 0.15) is 25.8 Å². The summed E-state index contributed by atoms with van der Waals surface area (Å²) in [6, 6.07) is 9.82. The minimum atomic E-state index is -0.231. The van der Waals surface area contributed by atoms with E-state index in [1.807, 2.05) is 37.3 Å². The Morgan fingerprint density at radius 1 is 1.35 bits per heavy atom. The van der Waals surface area contributed by atoms with Crippen molar-refractivity contribution >= 4 is 5.78 Å². The van der Waals surface area contributed by atoms with Crippen LogP contribution in [0.2, 0.25) is 0 Å². The number of ether oxygens (including phenoxy) is 1. The van der Waals surface area contributed by atoms with Crippen LogP contribution in [0.15, 0.2) is 30.3 Å². The van der Waals surface area contributed by atoms with Crippen LogP contribution >= 0.6 is 0 Å². The molecule has 0 aliphatic heterocycles. The van der Waals surface area contributed by atoms with Gasteiger partial charge in [0, 0.05) is 13.7 Å². The fourth-order valence-corrected chi connectivity index (χ4v) is 1.90. The van der Waals surface area contributed by atoms with Gasteiger partial charge in [-0.25, -0.2) is 0 Å². The van der Waals surface area contributed by atoms with Gasteiger partial charge in [-0.3, -0.25) is 4.79 Å². The Morgan fingerprint density at radius 3 is 2.47 bits per heavy atom. The summed E-state index contributed by atoms with van der Waals surface area (Å²) in [4.78, 5) is 11.6. The second kappa shape index (κ2) is 7.20. The van der Waals surface area contributed by atoms with Crippen molar-refractivity contribution in [2.45, 2.75) is 39.0 Å². The van der Waals surface area contributed by atoms with E-state index in [-0.39, 0.29) is 17.9 Å². The van der Waals surface area contributed by atoms with Crippen molar-refractivity contribution in [1.29, 1.82) is 0 Å². The Bertz CT molecular complexity index is 333. The molecule has 0 saturated heterocycles. The topological polar surface area (TPSA) is 38.3 Å². The van der Waals surface area contributed by atoms with Crippen LogP contribution in [-0.2, 0) is 16.1 Å². The number of hydrogen-bond acceptors (Lipinski definition) is 3. The van der Waals surface area contributed by atoms with Gasteiger partial charge in [-0.15, -0.1) is 0 Å². The summed E-state index contributed by atoms with van der Waals surface area (Å²) < 4.78 is 5.33. The molecule has 0 amide bonds. The third-order valence-electron chi connectivity index (χ3n) is 2.88. The Kier molecular flexibility index (Phi) is 5.87. The maximum Gasteiger partial charge on any atom is 0.149 e. The summed E-state index contributed by atoms with van der Waals surface area (Å²) >= 11 is 0. The molecule has 17 heavy (non-hydrogen) atoms. The molecule has 94 valence electrons. The van der Waals surface area contributed by atoms with Crippen molar-refractivity contribution in [3.05, 3.63) is 35.9 Å². The number of carbonyl (C=O) groups excluding carboxylic acids is 1. The lowest BCUT2D eigenvalue weighted by Gasteiger charge is -2.24. The minimum Gasteiger partial charge on any atom is -0.379 e. The molecular formula is C14H21NO2. The smallest absolute Gasteiger partial charge is 0.149 e. The number of rotatable bonds is 7. The maximum atomic E-state index is 11.6. The Balaban J connectivity index is 2.59. The highest BCUT2D eigenvalue weighted by Gasteiger charge is 2.23. The summed E-state index contributed by atoms with van der Waals surface area (Å²) in [5.41, 5.74) is 1.17. The molecule has 0 aromatic heterocycles. The van der Waals surface area contributed by atoms with Crippen molar-refractivity contribution in [2.24, 2.45) is 0 Å². The number of methoxy groups -OCH3 is 1. The lowest BCUT2D eigenvalue weighted by Crippen LogP contribution is -2.45. The normalized spacial score (nSPS) is 14.3. The predicted molar refractivity (Wildman–Crippen MR) is 68.8 cm³/mol. The first kappa shape index (κ1) is 13.9. The van der Waals surface area contributed by atoms with Crippen LogP contribution < -0.4 is 5.32 Å². The van der Waals surface area contributed by atoms with Gasteiger partial charge in [-0.1, -0.05) is 37.3 Å². The molecule has 3 nitrogen and oxygen atoms in total. The van der Waals surface area contributed by atoms with E-state index in [9.17, 15) is 4.79 Å². The second-order valence-electron chi connectivity index (χ2n) is 4.14. The molecule has 0 radical (unpaired) electrons. The number of benzene rings is 1. The molecule has 1 N–H and O–H groups in total. The van der Waals surface area contributed by atoms with Gasteiger partial charge in [-0.05, 0) is 18.9 Å². The molecule has 0 saturated carbocycles. The number of nitrogens with one attached hydrogen (secondary N) is 1. The monoisotopic (exact) mass is 235 g/mol. The fraction of sp³-hybridized carbons (Fsp3) is 0.500. The van der Waals surface area contributed by atoms with Crippen molar-refractivity contribution in [3.63, 3.8) is 0 Å². The summed E-state index contributed by atoms with van der Waals surface area (Å²) in [7, 11) is 1.65. The molecule has 3 heteroatoms. The van der Waals surface area contributed by atoms with Crippen LogP contribution in [0.4, 0.5) is 0 Å². The van der Waals surface area contributed by atoms with Gasteiger partial charge in [0.05, 0.1) is 12.1 Å². The quantitative estimate of drug-likeness (QED) is 0.787. The van der Waals surface area contributed by atoms with Gasteiger partial charge in [0.25, 0.3) is 0 Å². The van der Waals surface area contributed by atoms with Gasteiger partial charge in [0.15, 0.2) is 0 Å². The Morgan fingerprint density at radius 2 is 2.00 bits per heavy atom. The molecule has 0 fully saturated rings. The first-order valence-corrected chi connectivity index (χ1v) is 5.99. The Labute approximate surface area is 103 Å². The number of ketones is 1. The first-order valence-electron chi connectivity index (χ1n) is 5.99. The van der Waals surface area contributed by atoms with Crippen molar-refractivity contribution in [3.8, 4) is 0 Å². The van der Waals surface area contributed by atoms with Crippen molar-refractivity contribution in [1.82, 2.24) is 5.32 Å². The van der Waals surface area contributed by atoms with E-state index in [2.05, 4.69) is 5.32 Å². The highest BCUT2D eigenvalue weighted by molar-refractivity contribution is 5.82. The summed E-state index contributed by atoms with van der Waals surface area (Å²) in [5, 5.41) is 3.26. The Hall–Kier alpha value is -1.19. The van der Waals surface area contributed by atoms with E-state index in [1.165, 1.54) is 5.56 Å². The van der Waals surface area contributed by atoms with Gasteiger partial charge in [0.2, 0.25) is 0 Å². The van der Waals surface area contributed by atoms with Crippen LogP contribution in [0.25, 0.3) is 0 Å². The molecule has 0 aliphatic carbocycles. The summed E-state index contributed by atoms with van der Waals surface area (Å²) in [6.07, 6.45) is 0.763. The van der Waals surface area contributed by atoms with Gasteiger partial charge in [0.1, 0.15) is 5.78 Å². The molecule has 0 aliphatic rings. The number of hydrogen-bond donors (Lipinski definition) is 1. The van der Waals surface area contributed by atoms with Crippen LogP contribution in [0.5, 0.6) is 0 Å². The molecule has 0 unspecified atom stereocenters. The van der Waals surface area contributed by atoms with E-state index in [1.54, 1.807) is 14.0 Å². The summed E-state index contributed by atoms with van der Waals surface area (Å²) in [5.74, 6) is 0.120. The first-order chi connectivity index (χ1) is 8.19. The van der Waals surface area contributed by atoms with E-state index in [4.69, 9.17) is 4.74 Å². The molecule has 1 aromatic carbocycles. The lowest BCUT2D eigenvalue weighted by atomic mass is 10.0. The zero-order valence-corrected chi connectivity index (χ0v) is 10.8. The van der Waals surface area contributed by atoms with Crippen molar-refractivity contribution in [2.75, 3.05) is 7.11 Å². The average Bonchev–Trinajstić information content (AvgIpc) is 2.35. The number of Topliss-reactive ketones (excluding diaryl/α,β-unsaturated/α-hetero) is 1. The average molecular weight is 235 g/mol. The van der Waals surface area contributed by atoms with E-state index >= 15 is 0 Å². The van der Waals surface area contributed by atoms with Crippen LogP contribution in [0, 0.1) is 0 Å². The highest BCUT2D eigenvalue weighted by atomic mass is 16.5. The molecular weight excluding hydrogens is 214 g/mol. The van der Waals surface area contributed by atoms with Gasteiger partial charge in [-0.2, -0.15) is 0 Å².